The Morgan fingerprint density at radius 1 is 1.47 bits per heavy atom. The van der Waals surface area contributed by atoms with Crippen LogP contribution in [0.15, 0.2) is 0 Å². The first-order chi connectivity index (χ1) is 7.10. The normalized spacial score (nSPS) is 21.6. The zero-order valence-electron chi connectivity index (χ0n) is 10.1. The Bertz CT molecular complexity index is 179. The van der Waals surface area contributed by atoms with Crippen molar-refractivity contribution in [1.82, 2.24) is 5.43 Å². The Kier molecular flexibility index (Phi) is 4.99. The van der Waals surface area contributed by atoms with E-state index in [1.54, 1.807) is 7.11 Å². The summed E-state index contributed by atoms with van der Waals surface area (Å²) in [5, 5.41) is 0. The van der Waals surface area contributed by atoms with Crippen LogP contribution in [-0.2, 0) is 9.47 Å². The zero-order chi connectivity index (χ0) is 11.3. The van der Waals surface area contributed by atoms with Crippen LogP contribution in [0.25, 0.3) is 0 Å². The lowest BCUT2D eigenvalue weighted by molar-refractivity contribution is -0.0243. The molecule has 0 radical (unpaired) electrons. The molecule has 0 spiro atoms. The maximum atomic E-state index is 5.59. The molecule has 0 aliphatic carbocycles. The van der Waals surface area contributed by atoms with Gasteiger partial charge in [0.2, 0.25) is 0 Å². The Balaban J connectivity index is 2.44. The second-order valence-electron chi connectivity index (χ2n) is 4.82. The minimum absolute atomic E-state index is 0.200. The number of nitrogens with one attached hydrogen (secondary N) is 1. The summed E-state index contributed by atoms with van der Waals surface area (Å²) in [6, 6.07) is 0.200. The highest BCUT2D eigenvalue weighted by Gasteiger charge is 2.31. The van der Waals surface area contributed by atoms with Crippen LogP contribution in [-0.4, -0.2) is 32.0 Å². The fourth-order valence-electron chi connectivity index (χ4n) is 2.01. The van der Waals surface area contributed by atoms with E-state index in [1.807, 2.05) is 0 Å². The molecule has 1 aliphatic heterocycles. The van der Waals surface area contributed by atoms with Gasteiger partial charge in [-0.2, -0.15) is 0 Å². The Hall–Kier alpha value is -0.160. The van der Waals surface area contributed by atoms with Crippen LogP contribution < -0.4 is 11.3 Å². The molecule has 1 atom stereocenters. The van der Waals surface area contributed by atoms with Gasteiger partial charge in [0.05, 0.1) is 5.60 Å². The van der Waals surface area contributed by atoms with Crippen LogP contribution in [0.2, 0.25) is 0 Å². The number of hydrogen-bond acceptors (Lipinski definition) is 4. The Morgan fingerprint density at radius 2 is 2.07 bits per heavy atom. The van der Waals surface area contributed by atoms with Crippen LogP contribution in [0.4, 0.5) is 0 Å². The van der Waals surface area contributed by atoms with Crippen LogP contribution in [0.3, 0.4) is 0 Å². The van der Waals surface area contributed by atoms with E-state index in [2.05, 4.69) is 19.3 Å². The summed E-state index contributed by atoms with van der Waals surface area (Å²) in [4.78, 5) is 0. The topological polar surface area (TPSA) is 56.5 Å². The third kappa shape index (κ3) is 3.72. The first-order valence-corrected chi connectivity index (χ1v) is 5.69. The summed E-state index contributed by atoms with van der Waals surface area (Å²) in [5.74, 6) is 6.29. The van der Waals surface area contributed by atoms with E-state index in [0.29, 0.717) is 5.92 Å². The molecule has 1 saturated heterocycles. The molecule has 1 unspecified atom stereocenters. The molecule has 0 amide bonds. The van der Waals surface area contributed by atoms with Gasteiger partial charge in [0.15, 0.2) is 0 Å². The molecule has 1 rings (SSSR count). The first-order valence-electron chi connectivity index (χ1n) is 5.69. The van der Waals surface area contributed by atoms with E-state index in [-0.39, 0.29) is 11.6 Å². The summed E-state index contributed by atoms with van der Waals surface area (Å²) in [7, 11) is 1.73. The molecule has 15 heavy (non-hydrogen) atoms. The summed E-state index contributed by atoms with van der Waals surface area (Å²) in [6.45, 7) is 5.90. The van der Waals surface area contributed by atoms with E-state index in [4.69, 9.17) is 15.3 Å². The molecule has 1 heterocycles. The van der Waals surface area contributed by atoms with Gasteiger partial charge < -0.3 is 9.47 Å². The summed E-state index contributed by atoms with van der Waals surface area (Å²) in [5.41, 5.74) is 2.66. The Morgan fingerprint density at radius 3 is 2.53 bits per heavy atom. The summed E-state index contributed by atoms with van der Waals surface area (Å²) >= 11 is 0. The molecular weight excluding hydrogens is 192 g/mol. The van der Waals surface area contributed by atoms with Crippen molar-refractivity contribution in [3.8, 4) is 0 Å². The van der Waals surface area contributed by atoms with Crippen LogP contribution >= 0.6 is 0 Å². The van der Waals surface area contributed by atoms with Crippen LogP contribution in [0, 0.1) is 5.92 Å². The predicted molar refractivity (Wildman–Crippen MR) is 60.4 cm³/mol. The van der Waals surface area contributed by atoms with Gasteiger partial charge in [0.1, 0.15) is 0 Å². The van der Waals surface area contributed by atoms with Crippen LogP contribution in [0.5, 0.6) is 0 Å². The average Bonchev–Trinajstić information content (AvgIpc) is 2.27. The van der Waals surface area contributed by atoms with Crippen molar-refractivity contribution in [2.45, 2.75) is 44.8 Å². The SMILES string of the molecule is COC(C)(C)C(CC1CCOCC1)NN. The van der Waals surface area contributed by atoms with Crippen LogP contribution in [0.1, 0.15) is 33.1 Å². The average molecular weight is 216 g/mol. The van der Waals surface area contributed by atoms with Gasteiger partial charge in [-0.25, -0.2) is 0 Å². The molecule has 3 N–H and O–H groups in total. The van der Waals surface area contributed by atoms with Gasteiger partial charge in [0, 0.05) is 26.4 Å². The van der Waals surface area contributed by atoms with E-state index < -0.39 is 0 Å². The largest absolute Gasteiger partial charge is 0.381 e. The number of ether oxygens (including phenoxy) is 2. The highest BCUT2D eigenvalue weighted by molar-refractivity contribution is 4.86. The minimum Gasteiger partial charge on any atom is -0.381 e. The molecule has 1 fully saturated rings. The molecule has 0 aromatic heterocycles. The molecule has 0 saturated carbocycles. The second-order valence-corrected chi connectivity index (χ2v) is 4.82. The third-order valence-electron chi connectivity index (χ3n) is 3.48. The van der Waals surface area contributed by atoms with Crippen molar-refractivity contribution < 1.29 is 9.47 Å². The fourth-order valence-corrected chi connectivity index (χ4v) is 2.01. The predicted octanol–water partition coefficient (Wildman–Crippen LogP) is 1.06. The van der Waals surface area contributed by atoms with Gasteiger partial charge in [-0.05, 0) is 39.0 Å². The molecule has 0 aromatic carbocycles. The van der Waals surface area contributed by atoms with E-state index in [1.165, 1.54) is 0 Å². The Labute approximate surface area is 92.5 Å². The second kappa shape index (κ2) is 5.80. The highest BCUT2D eigenvalue weighted by atomic mass is 16.5. The molecule has 4 heteroatoms. The highest BCUT2D eigenvalue weighted by Crippen LogP contribution is 2.25. The standard InChI is InChI=1S/C11H24N2O2/c1-11(2,14-3)10(13-12)8-9-4-6-15-7-5-9/h9-10,13H,4-8,12H2,1-3H3. The van der Waals surface area contributed by atoms with Crippen molar-refractivity contribution in [3.63, 3.8) is 0 Å². The van der Waals surface area contributed by atoms with Gasteiger partial charge in [0.25, 0.3) is 0 Å². The van der Waals surface area contributed by atoms with E-state index in [0.717, 1.165) is 32.5 Å². The number of nitrogens with two attached hydrogens (primary N) is 1. The van der Waals surface area contributed by atoms with Gasteiger partial charge >= 0.3 is 0 Å². The quantitative estimate of drug-likeness (QED) is 0.533. The monoisotopic (exact) mass is 216 g/mol. The van der Waals surface area contributed by atoms with Gasteiger partial charge in [-0.3, -0.25) is 11.3 Å². The van der Waals surface area contributed by atoms with Crippen molar-refractivity contribution in [2.75, 3.05) is 20.3 Å². The minimum atomic E-state index is -0.215. The lowest BCUT2D eigenvalue weighted by Gasteiger charge is -2.35. The van der Waals surface area contributed by atoms with Crippen molar-refractivity contribution in [3.05, 3.63) is 0 Å². The lowest BCUT2D eigenvalue weighted by atomic mass is 9.86. The number of hydrogen-bond donors (Lipinski definition) is 2. The maximum Gasteiger partial charge on any atom is 0.0788 e. The van der Waals surface area contributed by atoms with Gasteiger partial charge in [-0.1, -0.05) is 0 Å². The number of rotatable bonds is 5. The fraction of sp³-hybridized carbons (Fsp3) is 1.00. The zero-order valence-corrected chi connectivity index (χ0v) is 10.1. The van der Waals surface area contributed by atoms with Crippen molar-refractivity contribution in [2.24, 2.45) is 11.8 Å². The summed E-state index contributed by atoms with van der Waals surface area (Å²) < 4.78 is 10.8. The lowest BCUT2D eigenvalue weighted by Crippen LogP contribution is -2.52. The maximum absolute atomic E-state index is 5.59. The molecule has 0 aromatic rings. The van der Waals surface area contributed by atoms with E-state index in [9.17, 15) is 0 Å². The molecule has 90 valence electrons. The molecular formula is C11H24N2O2. The van der Waals surface area contributed by atoms with Crippen molar-refractivity contribution >= 4 is 0 Å². The number of methoxy groups -OCH3 is 1. The molecule has 0 bridgehead atoms. The summed E-state index contributed by atoms with van der Waals surface area (Å²) in [6.07, 6.45) is 3.33. The molecule has 4 nitrogen and oxygen atoms in total. The molecule has 1 aliphatic rings. The first kappa shape index (κ1) is 12.9. The van der Waals surface area contributed by atoms with Gasteiger partial charge in [-0.15, -0.1) is 0 Å². The number of hydrazine groups is 1. The smallest absolute Gasteiger partial charge is 0.0788 e. The third-order valence-corrected chi connectivity index (χ3v) is 3.48. The van der Waals surface area contributed by atoms with Crippen molar-refractivity contribution in [1.29, 1.82) is 0 Å². The van der Waals surface area contributed by atoms with E-state index >= 15 is 0 Å².